The Labute approximate surface area is 130 Å². The van der Waals surface area contributed by atoms with Crippen LogP contribution >= 0.6 is 11.6 Å². The van der Waals surface area contributed by atoms with Crippen molar-refractivity contribution < 1.29 is 21.6 Å². The summed E-state index contributed by atoms with van der Waals surface area (Å²) in [4.78, 5) is -0.620. The molecule has 1 N–H and O–H groups in total. The minimum atomic E-state index is -4.65. The van der Waals surface area contributed by atoms with Gasteiger partial charge in [-0.2, -0.15) is 13.2 Å². The smallest absolute Gasteiger partial charge is 0.280 e. The Bertz CT molecular complexity index is 804. The average molecular weight is 350 g/mol. The Kier molecular flexibility index (Phi) is 4.39. The molecule has 0 saturated heterocycles. The maximum absolute atomic E-state index is 12.7. The summed E-state index contributed by atoms with van der Waals surface area (Å²) in [5, 5.41) is -0.284. The van der Waals surface area contributed by atoms with Crippen LogP contribution in [0.25, 0.3) is 0 Å². The van der Waals surface area contributed by atoms with E-state index in [1.54, 1.807) is 25.1 Å². The summed E-state index contributed by atoms with van der Waals surface area (Å²) in [5.74, 6) is 0. The highest BCUT2D eigenvalue weighted by molar-refractivity contribution is 7.92. The van der Waals surface area contributed by atoms with Gasteiger partial charge in [0.2, 0.25) is 0 Å². The number of rotatable bonds is 3. The molecule has 3 nitrogen and oxygen atoms in total. The van der Waals surface area contributed by atoms with Gasteiger partial charge in [0.05, 0.1) is 10.6 Å². The lowest BCUT2D eigenvalue weighted by molar-refractivity contribution is -0.137. The van der Waals surface area contributed by atoms with Crippen LogP contribution in [0.4, 0.5) is 18.9 Å². The summed E-state index contributed by atoms with van der Waals surface area (Å²) in [6.45, 7) is 1.76. The maximum Gasteiger partial charge on any atom is 0.416 e. The fourth-order valence-corrected chi connectivity index (χ4v) is 3.38. The van der Waals surface area contributed by atoms with E-state index in [4.69, 9.17) is 11.6 Å². The fourth-order valence-electron chi connectivity index (χ4n) is 1.80. The molecule has 2 aromatic rings. The van der Waals surface area contributed by atoms with Gasteiger partial charge in [0.1, 0.15) is 4.90 Å². The number of halogens is 4. The Balaban J connectivity index is 2.45. The number of alkyl halides is 3. The van der Waals surface area contributed by atoms with Crippen LogP contribution in [0.2, 0.25) is 5.02 Å². The second kappa shape index (κ2) is 5.81. The van der Waals surface area contributed by atoms with Gasteiger partial charge >= 0.3 is 6.18 Å². The summed E-state index contributed by atoms with van der Waals surface area (Å²) in [5.41, 5.74) is -0.0367. The molecule has 0 spiro atoms. The van der Waals surface area contributed by atoms with E-state index in [1.807, 2.05) is 0 Å². The van der Waals surface area contributed by atoms with Crippen molar-refractivity contribution in [3.63, 3.8) is 0 Å². The SMILES string of the molecule is Cc1cccc(NS(=O)(=O)c2cc(C(F)(F)F)ccc2Cl)c1. The van der Waals surface area contributed by atoms with E-state index in [2.05, 4.69) is 4.72 Å². The van der Waals surface area contributed by atoms with Gasteiger partial charge in [-0.25, -0.2) is 8.42 Å². The molecule has 0 radical (unpaired) electrons. The Hall–Kier alpha value is -1.73. The lowest BCUT2D eigenvalue weighted by Gasteiger charge is -2.13. The van der Waals surface area contributed by atoms with Crippen molar-refractivity contribution in [2.75, 3.05) is 4.72 Å². The molecule has 0 aromatic heterocycles. The largest absolute Gasteiger partial charge is 0.416 e. The molecule has 0 unspecified atom stereocenters. The molecule has 0 aliphatic rings. The molecule has 0 aliphatic carbocycles. The van der Waals surface area contributed by atoms with Crippen LogP contribution in [0.1, 0.15) is 11.1 Å². The summed E-state index contributed by atoms with van der Waals surface area (Å²) < 4.78 is 64.8. The zero-order valence-corrected chi connectivity index (χ0v) is 12.9. The second-order valence-electron chi connectivity index (χ2n) is 4.62. The van der Waals surface area contributed by atoms with Gasteiger partial charge in [-0.1, -0.05) is 23.7 Å². The van der Waals surface area contributed by atoms with Crippen LogP contribution in [-0.4, -0.2) is 8.42 Å². The molecular formula is C14H11ClF3NO2S. The van der Waals surface area contributed by atoms with E-state index in [1.165, 1.54) is 6.07 Å². The van der Waals surface area contributed by atoms with E-state index in [-0.39, 0.29) is 10.7 Å². The molecule has 0 heterocycles. The standard InChI is InChI=1S/C14H11ClF3NO2S/c1-9-3-2-4-11(7-9)19-22(20,21)13-8-10(14(16,17)18)5-6-12(13)15/h2-8,19H,1H3. The highest BCUT2D eigenvalue weighted by atomic mass is 35.5. The Morgan fingerprint density at radius 2 is 1.77 bits per heavy atom. The predicted octanol–water partition coefficient (Wildman–Crippen LogP) is 4.47. The topological polar surface area (TPSA) is 46.2 Å². The first-order valence-electron chi connectivity index (χ1n) is 6.06. The van der Waals surface area contributed by atoms with Crippen LogP contribution in [0, 0.1) is 6.92 Å². The molecule has 0 bridgehead atoms. The molecule has 118 valence electrons. The third-order valence-corrected chi connectivity index (χ3v) is 4.68. The fraction of sp³-hybridized carbons (Fsp3) is 0.143. The molecule has 0 saturated carbocycles. The van der Waals surface area contributed by atoms with E-state index in [0.717, 1.165) is 17.7 Å². The van der Waals surface area contributed by atoms with Crippen LogP contribution in [0.3, 0.4) is 0 Å². The van der Waals surface area contributed by atoms with Gasteiger partial charge in [-0.05, 0) is 42.8 Å². The highest BCUT2D eigenvalue weighted by Gasteiger charge is 2.32. The number of aryl methyl sites for hydroxylation is 1. The normalized spacial score (nSPS) is 12.2. The number of nitrogens with one attached hydrogen (secondary N) is 1. The van der Waals surface area contributed by atoms with Crippen molar-refractivity contribution in [1.29, 1.82) is 0 Å². The van der Waals surface area contributed by atoms with E-state index < -0.39 is 26.7 Å². The van der Waals surface area contributed by atoms with Crippen LogP contribution in [0.15, 0.2) is 47.4 Å². The van der Waals surface area contributed by atoms with Crippen LogP contribution < -0.4 is 4.72 Å². The van der Waals surface area contributed by atoms with Crippen molar-refractivity contribution in [3.8, 4) is 0 Å². The Morgan fingerprint density at radius 3 is 2.36 bits per heavy atom. The predicted molar refractivity (Wildman–Crippen MR) is 78.4 cm³/mol. The molecule has 0 aliphatic heterocycles. The van der Waals surface area contributed by atoms with E-state index in [0.29, 0.717) is 6.07 Å². The monoisotopic (exact) mass is 349 g/mol. The van der Waals surface area contributed by atoms with Gasteiger partial charge in [0.25, 0.3) is 10.0 Å². The van der Waals surface area contributed by atoms with E-state index >= 15 is 0 Å². The summed E-state index contributed by atoms with van der Waals surface area (Å²) in [6.07, 6.45) is -4.65. The molecule has 0 amide bonds. The maximum atomic E-state index is 12.7. The van der Waals surface area contributed by atoms with Crippen LogP contribution in [-0.2, 0) is 16.2 Å². The van der Waals surface area contributed by atoms with Crippen molar-refractivity contribution >= 4 is 27.3 Å². The first kappa shape index (κ1) is 16.6. The van der Waals surface area contributed by atoms with Gasteiger partial charge in [0.15, 0.2) is 0 Å². The van der Waals surface area contributed by atoms with Crippen LogP contribution in [0.5, 0.6) is 0 Å². The highest BCUT2D eigenvalue weighted by Crippen LogP contribution is 2.33. The quantitative estimate of drug-likeness (QED) is 0.888. The molecule has 22 heavy (non-hydrogen) atoms. The molecule has 2 rings (SSSR count). The van der Waals surface area contributed by atoms with Crippen molar-refractivity contribution in [2.24, 2.45) is 0 Å². The molecule has 8 heteroatoms. The minimum absolute atomic E-state index is 0.244. The molecule has 0 atom stereocenters. The number of benzene rings is 2. The zero-order chi connectivity index (χ0) is 16.5. The van der Waals surface area contributed by atoms with Gasteiger partial charge in [-0.15, -0.1) is 0 Å². The van der Waals surface area contributed by atoms with Gasteiger partial charge in [-0.3, -0.25) is 4.72 Å². The first-order chi connectivity index (χ1) is 10.1. The summed E-state index contributed by atoms with van der Waals surface area (Å²) in [7, 11) is -4.23. The third-order valence-electron chi connectivity index (χ3n) is 2.82. The Morgan fingerprint density at radius 1 is 1.09 bits per heavy atom. The number of sulfonamides is 1. The van der Waals surface area contributed by atoms with Crippen molar-refractivity contribution in [1.82, 2.24) is 0 Å². The molecule has 2 aromatic carbocycles. The van der Waals surface area contributed by atoms with Crippen molar-refractivity contribution in [3.05, 3.63) is 58.6 Å². The van der Waals surface area contributed by atoms with E-state index in [9.17, 15) is 21.6 Å². The zero-order valence-electron chi connectivity index (χ0n) is 11.3. The summed E-state index contributed by atoms with van der Waals surface area (Å²) in [6, 6.07) is 8.59. The third kappa shape index (κ3) is 3.72. The molecule has 0 fully saturated rings. The van der Waals surface area contributed by atoms with Gasteiger partial charge in [0, 0.05) is 5.69 Å². The minimum Gasteiger partial charge on any atom is -0.280 e. The second-order valence-corrected chi connectivity index (χ2v) is 6.68. The number of hydrogen-bond donors (Lipinski definition) is 1. The summed E-state index contributed by atoms with van der Waals surface area (Å²) >= 11 is 5.74. The lowest BCUT2D eigenvalue weighted by atomic mass is 10.2. The number of anilines is 1. The average Bonchev–Trinajstić information content (AvgIpc) is 2.36. The lowest BCUT2D eigenvalue weighted by Crippen LogP contribution is -2.15. The number of hydrogen-bond acceptors (Lipinski definition) is 2. The molecular weight excluding hydrogens is 339 g/mol. The first-order valence-corrected chi connectivity index (χ1v) is 7.92. The van der Waals surface area contributed by atoms with Gasteiger partial charge < -0.3 is 0 Å². The van der Waals surface area contributed by atoms with Crippen molar-refractivity contribution in [2.45, 2.75) is 18.0 Å².